The van der Waals surface area contributed by atoms with Gasteiger partial charge in [-0.25, -0.2) is 0 Å². The van der Waals surface area contributed by atoms with E-state index < -0.39 is 0 Å². The fourth-order valence-electron chi connectivity index (χ4n) is 4.31. The molecule has 5 nitrogen and oxygen atoms in total. The van der Waals surface area contributed by atoms with Crippen molar-refractivity contribution < 1.29 is 9.21 Å². The van der Waals surface area contributed by atoms with Crippen molar-refractivity contribution in [2.24, 2.45) is 0 Å². The largest absolute Gasteiger partial charge is 0.416 e. The standard InChI is InChI=1S/C24H29N3O2S/c1-17-15-21(18(2)27(17)14-13-19-9-5-3-6-10-19)22(28)16-30-24-26-25-23(29-24)20-11-7-4-8-12-20/h3,5-6,9-10,15,20H,4,7-8,11-14,16H2,1-2H3. The number of rotatable bonds is 8. The Morgan fingerprint density at radius 1 is 1.13 bits per heavy atom. The Labute approximate surface area is 182 Å². The van der Waals surface area contributed by atoms with Gasteiger partial charge in [-0.2, -0.15) is 0 Å². The summed E-state index contributed by atoms with van der Waals surface area (Å²) in [6.45, 7) is 4.97. The van der Waals surface area contributed by atoms with Crippen LogP contribution in [-0.2, 0) is 13.0 Å². The van der Waals surface area contributed by atoms with Crippen molar-refractivity contribution in [3.05, 3.63) is 64.8 Å². The predicted octanol–water partition coefficient (Wildman–Crippen LogP) is 5.75. The quantitative estimate of drug-likeness (QED) is 0.341. The molecule has 30 heavy (non-hydrogen) atoms. The molecule has 6 heteroatoms. The number of hydrogen-bond acceptors (Lipinski definition) is 5. The molecule has 4 rings (SSSR count). The summed E-state index contributed by atoms with van der Waals surface area (Å²) in [5.41, 5.74) is 4.25. The monoisotopic (exact) mass is 423 g/mol. The van der Waals surface area contributed by atoms with Gasteiger partial charge in [-0.15, -0.1) is 10.2 Å². The van der Waals surface area contributed by atoms with Crippen LogP contribution in [0, 0.1) is 13.8 Å². The fraction of sp³-hybridized carbons (Fsp3) is 0.458. The third-order valence-electron chi connectivity index (χ3n) is 6.04. The van der Waals surface area contributed by atoms with E-state index >= 15 is 0 Å². The molecule has 0 unspecified atom stereocenters. The molecule has 2 aromatic heterocycles. The van der Waals surface area contributed by atoms with Crippen molar-refractivity contribution in [3.63, 3.8) is 0 Å². The molecule has 1 saturated carbocycles. The van der Waals surface area contributed by atoms with Crippen LogP contribution < -0.4 is 0 Å². The Bertz CT molecular complexity index is 987. The van der Waals surface area contributed by atoms with Crippen LogP contribution in [0.2, 0.25) is 0 Å². The number of benzene rings is 1. The first kappa shape index (κ1) is 20.9. The second-order valence-corrected chi connectivity index (χ2v) is 9.05. The van der Waals surface area contributed by atoms with Gasteiger partial charge in [-0.05, 0) is 44.7 Å². The molecule has 0 atom stereocenters. The van der Waals surface area contributed by atoms with Gasteiger partial charge >= 0.3 is 0 Å². The summed E-state index contributed by atoms with van der Waals surface area (Å²) >= 11 is 1.34. The molecule has 0 bridgehead atoms. The predicted molar refractivity (Wildman–Crippen MR) is 119 cm³/mol. The molecule has 0 spiro atoms. The minimum absolute atomic E-state index is 0.108. The Morgan fingerprint density at radius 3 is 2.67 bits per heavy atom. The zero-order valence-corrected chi connectivity index (χ0v) is 18.6. The molecule has 1 aliphatic carbocycles. The maximum Gasteiger partial charge on any atom is 0.277 e. The highest BCUT2D eigenvalue weighted by molar-refractivity contribution is 7.99. The molecular formula is C24H29N3O2S. The van der Waals surface area contributed by atoms with E-state index in [0.717, 1.165) is 48.6 Å². The van der Waals surface area contributed by atoms with Crippen LogP contribution in [0.25, 0.3) is 0 Å². The number of carbonyl (C=O) groups excluding carboxylic acids is 1. The molecule has 1 aromatic carbocycles. The van der Waals surface area contributed by atoms with Gasteiger partial charge in [-0.3, -0.25) is 4.79 Å². The molecule has 0 aliphatic heterocycles. The van der Waals surface area contributed by atoms with Crippen LogP contribution in [0.1, 0.15) is 71.2 Å². The van der Waals surface area contributed by atoms with Gasteiger partial charge in [0.2, 0.25) is 5.89 Å². The Hall–Kier alpha value is -2.34. The van der Waals surface area contributed by atoms with Gasteiger partial charge in [0.15, 0.2) is 5.78 Å². The number of carbonyl (C=O) groups is 1. The molecular weight excluding hydrogens is 394 g/mol. The summed E-state index contributed by atoms with van der Waals surface area (Å²) in [7, 11) is 0. The van der Waals surface area contributed by atoms with Crippen LogP contribution in [0.15, 0.2) is 46.0 Å². The van der Waals surface area contributed by atoms with Gasteiger partial charge < -0.3 is 8.98 Å². The van der Waals surface area contributed by atoms with E-state index in [-0.39, 0.29) is 5.78 Å². The van der Waals surface area contributed by atoms with Crippen LogP contribution in [0.5, 0.6) is 0 Å². The van der Waals surface area contributed by atoms with Gasteiger partial charge in [0.25, 0.3) is 5.22 Å². The topological polar surface area (TPSA) is 60.9 Å². The van der Waals surface area contributed by atoms with E-state index in [1.54, 1.807) is 0 Å². The van der Waals surface area contributed by atoms with Crippen molar-refractivity contribution in [2.75, 3.05) is 5.75 Å². The number of thioether (sulfide) groups is 1. The van der Waals surface area contributed by atoms with E-state index in [9.17, 15) is 4.79 Å². The first-order valence-corrected chi connectivity index (χ1v) is 11.8. The SMILES string of the molecule is Cc1cc(C(=O)CSc2nnc(C3CCCCC3)o2)c(C)n1CCc1ccccc1. The molecule has 1 aliphatic rings. The Balaban J connectivity index is 1.36. The third kappa shape index (κ3) is 4.86. The Kier molecular flexibility index (Phi) is 6.72. The maximum absolute atomic E-state index is 12.9. The van der Waals surface area contributed by atoms with E-state index in [0.29, 0.717) is 16.9 Å². The summed E-state index contributed by atoms with van der Waals surface area (Å²) in [5, 5.41) is 8.88. The molecule has 0 N–H and O–H groups in total. The van der Waals surface area contributed by atoms with Gasteiger partial charge in [0.05, 0.1) is 5.75 Å². The third-order valence-corrected chi connectivity index (χ3v) is 6.86. The number of Topliss-reactive ketones (excluding diaryl/α,β-unsaturated/α-hetero) is 1. The zero-order chi connectivity index (χ0) is 20.9. The number of aromatic nitrogens is 3. The fourth-order valence-corrected chi connectivity index (χ4v) is 4.96. The normalized spacial score (nSPS) is 14.9. The molecule has 1 fully saturated rings. The lowest BCUT2D eigenvalue weighted by molar-refractivity contribution is 0.102. The second-order valence-electron chi connectivity index (χ2n) is 8.13. The van der Waals surface area contributed by atoms with Gasteiger partial charge in [0, 0.05) is 29.4 Å². The number of nitrogens with zero attached hydrogens (tertiary/aromatic N) is 3. The highest BCUT2D eigenvalue weighted by atomic mass is 32.2. The van der Waals surface area contributed by atoms with E-state index in [2.05, 4.69) is 46.0 Å². The molecule has 0 radical (unpaired) electrons. The maximum atomic E-state index is 12.9. The van der Waals surface area contributed by atoms with Crippen LogP contribution in [0.3, 0.4) is 0 Å². The lowest BCUT2D eigenvalue weighted by Crippen LogP contribution is -2.08. The highest BCUT2D eigenvalue weighted by Gasteiger charge is 2.22. The Morgan fingerprint density at radius 2 is 1.90 bits per heavy atom. The van der Waals surface area contributed by atoms with Gasteiger partial charge in [0.1, 0.15) is 0 Å². The zero-order valence-electron chi connectivity index (χ0n) is 17.8. The van der Waals surface area contributed by atoms with E-state index in [1.807, 2.05) is 19.1 Å². The first-order valence-electron chi connectivity index (χ1n) is 10.8. The van der Waals surface area contributed by atoms with E-state index in [4.69, 9.17) is 4.42 Å². The lowest BCUT2D eigenvalue weighted by atomic mass is 9.89. The summed E-state index contributed by atoms with van der Waals surface area (Å²) < 4.78 is 8.07. The number of aryl methyl sites for hydroxylation is 2. The van der Waals surface area contributed by atoms with Gasteiger partial charge in [-0.1, -0.05) is 61.4 Å². The van der Waals surface area contributed by atoms with Crippen LogP contribution >= 0.6 is 11.8 Å². The molecule has 0 saturated heterocycles. The summed E-state index contributed by atoms with van der Waals surface area (Å²) in [6.07, 6.45) is 6.96. The number of hydrogen-bond donors (Lipinski definition) is 0. The second kappa shape index (κ2) is 9.65. The van der Waals surface area contributed by atoms with Crippen molar-refractivity contribution in [1.29, 1.82) is 0 Å². The molecule has 158 valence electrons. The highest BCUT2D eigenvalue weighted by Crippen LogP contribution is 2.33. The van der Waals surface area contributed by atoms with Crippen molar-refractivity contribution >= 4 is 17.5 Å². The molecule has 0 amide bonds. The van der Waals surface area contributed by atoms with Crippen LogP contribution in [0.4, 0.5) is 0 Å². The minimum Gasteiger partial charge on any atom is -0.416 e. The average Bonchev–Trinajstić information content (AvgIpc) is 3.36. The van der Waals surface area contributed by atoms with Crippen molar-refractivity contribution in [1.82, 2.24) is 14.8 Å². The summed E-state index contributed by atoms with van der Waals surface area (Å²) in [6, 6.07) is 12.4. The smallest absolute Gasteiger partial charge is 0.277 e. The molecule has 3 aromatic rings. The average molecular weight is 424 g/mol. The summed E-state index contributed by atoms with van der Waals surface area (Å²) in [5.74, 6) is 1.55. The summed E-state index contributed by atoms with van der Waals surface area (Å²) in [4.78, 5) is 12.9. The lowest BCUT2D eigenvalue weighted by Gasteiger charge is -2.17. The van der Waals surface area contributed by atoms with E-state index in [1.165, 1.54) is 36.6 Å². The van der Waals surface area contributed by atoms with Crippen molar-refractivity contribution in [3.8, 4) is 0 Å². The minimum atomic E-state index is 0.108. The van der Waals surface area contributed by atoms with Crippen molar-refractivity contribution in [2.45, 2.75) is 70.1 Å². The first-order chi connectivity index (χ1) is 14.6. The molecule has 2 heterocycles. The van der Waals surface area contributed by atoms with Crippen LogP contribution in [-0.4, -0.2) is 26.3 Å². The number of ketones is 1.